The van der Waals surface area contributed by atoms with Crippen LogP contribution in [0.3, 0.4) is 0 Å². The molecule has 0 aromatic heterocycles. The fourth-order valence-electron chi connectivity index (χ4n) is 2.21. The molecule has 0 saturated heterocycles. The molecule has 1 aromatic rings. The lowest BCUT2D eigenvalue weighted by Crippen LogP contribution is -2.10. The number of Topliss-reactive ketones (excluding diaryl/α,β-unsaturated/α-hetero) is 1. The Labute approximate surface area is 110 Å². The molecule has 1 aromatic carbocycles. The topological polar surface area (TPSA) is 83.5 Å². The van der Waals surface area contributed by atoms with Crippen LogP contribution in [0.2, 0.25) is 0 Å². The van der Waals surface area contributed by atoms with Crippen LogP contribution in [-0.2, 0) is 16.0 Å². The lowest BCUT2D eigenvalue weighted by molar-refractivity contribution is -0.137. The minimum Gasteiger partial charge on any atom is -0.481 e. The smallest absolute Gasteiger partial charge is 0.303 e. The first-order chi connectivity index (χ1) is 8.95. The van der Waals surface area contributed by atoms with Crippen molar-refractivity contribution < 1.29 is 19.5 Å². The van der Waals surface area contributed by atoms with E-state index < -0.39 is 5.97 Å². The Bertz CT molecular complexity index is 550. The summed E-state index contributed by atoms with van der Waals surface area (Å²) in [6, 6.07) is 5.10. The molecular formula is C14H15NO4. The Balaban J connectivity index is 2.06. The van der Waals surface area contributed by atoms with Gasteiger partial charge in [0.05, 0.1) is 6.42 Å². The van der Waals surface area contributed by atoms with E-state index in [9.17, 15) is 14.4 Å². The number of nitrogens with one attached hydrogen (secondary N) is 1. The number of ketones is 1. The van der Waals surface area contributed by atoms with Gasteiger partial charge in [0.2, 0.25) is 5.91 Å². The number of benzene rings is 1. The van der Waals surface area contributed by atoms with Crippen molar-refractivity contribution in [2.45, 2.75) is 26.2 Å². The monoisotopic (exact) mass is 261 g/mol. The summed E-state index contributed by atoms with van der Waals surface area (Å²) in [6.45, 7) is 1.74. The second kappa shape index (κ2) is 5.22. The number of amides is 1. The molecule has 1 heterocycles. The van der Waals surface area contributed by atoms with E-state index in [1.165, 1.54) is 0 Å². The predicted molar refractivity (Wildman–Crippen MR) is 69.1 cm³/mol. The van der Waals surface area contributed by atoms with Gasteiger partial charge in [-0.2, -0.15) is 0 Å². The molecule has 0 aliphatic carbocycles. The highest BCUT2D eigenvalue weighted by Gasteiger charge is 2.20. The van der Waals surface area contributed by atoms with Gasteiger partial charge in [-0.1, -0.05) is 6.92 Å². The van der Waals surface area contributed by atoms with E-state index in [0.29, 0.717) is 12.0 Å². The maximum atomic E-state index is 12.0. The normalized spacial score (nSPS) is 14.7. The third-order valence-corrected chi connectivity index (χ3v) is 3.11. The molecule has 19 heavy (non-hydrogen) atoms. The standard InChI is InChI=1S/C14H15NO4/c1-8(5-14(18)19)4-12(16)9-2-3-11-10(6-9)7-13(17)15-11/h2-3,6,8H,4-5,7H2,1H3,(H,15,17)(H,18,19). The molecule has 100 valence electrons. The zero-order valence-corrected chi connectivity index (χ0v) is 10.6. The maximum absolute atomic E-state index is 12.0. The van der Waals surface area contributed by atoms with E-state index in [1.54, 1.807) is 25.1 Å². The van der Waals surface area contributed by atoms with Crippen molar-refractivity contribution >= 4 is 23.3 Å². The summed E-state index contributed by atoms with van der Waals surface area (Å²) in [5.41, 5.74) is 2.11. The van der Waals surface area contributed by atoms with Crippen molar-refractivity contribution in [1.29, 1.82) is 0 Å². The van der Waals surface area contributed by atoms with Gasteiger partial charge in [-0.15, -0.1) is 0 Å². The molecule has 0 radical (unpaired) electrons. The number of carbonyl (C=O) groups excluding carboxylic acids is 2. The highest BCUT2D eigenvalue weighted by molar-refractivity contribution is 6.02. The van der Waals surface area contributed by atoms with Gasteiger partial charge in [-0.05, 0) is 29.7 Å². The number of rotatable bonds is 5. The van der Waals surface area contributed by atoms with E-state index in [0.717, 1.165) is 11.3 Å². The van der Waals surface area contributed by atoms with Gasteiger partial charge in [0.1, 0.15) is 0 Å². The average Bonchev–Trinajstić information content (AvgIpc) is 2.66. The third kappa shape index (κ3) is 3.19. The average molecular weight is 261 g/mol. The molecule has 1 aliphatic heterocycles. The Hall–Kier alpha value is -2.17. The fraction of sp³-hybridized carbons (Fsp3) is 0.357. The van der Waals surface area contributed by atoms with Crippen LogP contribution < -0.4 is 5.32 Å². The van der Waals surface area contributed by atoms with E-state index in [1.807, 2.05) is 0 Å². The van der Waals surface area contributed by atoms with Crippen molar-refractivity contribution in [3.05, 3.63) is 29.3 Å². The summed E-state index contributed by atoms with van der Waals surface area (Å²) >= 11 is 0. The molecule has 1 aliphatic rings. The number of aliphatic carboxylic acids is 1. The SMILES string of the molecule is CC(CC(=O)O)CC(=O)c1ccc2c(c1)CC(=O)N2. The van der Waals surface area contributed by atoms with E-state index >= 15 is 0 Å². The van der Waals surface area contributed by atoms with Crippen LogP contribution in [0.4, 0.5) is 5.69 Å². The molecule has 1 unspecified atom stereocenters. The lowest BCUT2D eigenvalue weighted by Gasteiger charge is -2.08. The molecule has 0 saturated carbocycles. The van der Waals surface area contributed by atoms with Crippen molar-refractivity contribution in [1.82, 2.24) is 0 Å². The summed E-state index contributed by atoms with van der Waals surface area (Å²) in [5, 5.41) is 11.4. The van der Waals surface area contributed by atoms with Crippen LogP contribution >= 0.6 is 0 Å². The minimum absolute atomic E-state index is 0.0171. The minimum atomic E-state index is -0.899. The van der Waals surface area contributed by atoms with E-state index in [4.69, 9.17) is 5.11 Å². The number of carboxylic acids is 1. The Morgan fingerprint density at radius 2 is 2.11 bits per heavy atom. The van der Waals surface area contributed by atoms with Gasteiger partial charge in [-0.3, -0.25) is 14.4 Å². The Morgan fingerprint density at radius 3 is 2.79 bits per heavy atom. The molecule has 0 fully saturated rings. The van der Waals surface area contributed by atoms with Gasteiger partial charge in [0, 0.05) is 24.1 Å². The first kappa shape index (κ1) is 13.3. The molecule has 5 nitrogen and oxygen atoms in total. The third-order valence-electron chi connectivity index (χ3n) is 3.11. The summed E-state index contributed by atoms with van der Waals surface area (Å²) in [6.07, 6.45) is 0.477. The van der Waals surface area contributed by atoms with Crippen LogP contribution in [-0.4, -0.2) is 22.8 Å². The Kier molecular flexibility index (Phi) is 3.64. The number of carboxylic acid groups (broad SMARTS) is 1. The molecule has 0 bridgehead atoms. The van der Waals surface area contributed by atoms with E-state index in [-0.39, 0.29) is 30.4 Å². The first-order valence-corrected chi connectivity index (χ1v) is 6.13. The highest BCUT2D eigenvalue weighted by Crippen LogP contribution is 2.25. The maximum Gasteiger partial charge on any atom is 0.303 e. The largest absolute Gasteiger partial charge is 0.481 e. The van der Waals surface area contributed by atoms with Crippen LogP contribution in [0.15, 0.2) is 18.2 Å². The lowest BCUT2D eigenvalue weighted by atomic mass is 9.96. The number of carbonyl (C=O) groups is 3. The highest BCUT2D eigenvalue weighted by atomic mass is 16.4. The quantitative estimate of drug-likeness (QED) is 0.792. The molecule has 1 amide bonds. The summed E-state index contributed by atoms with van der Waals surface area (Å²) in [5.74, 6) is -1.25. The molecule has 0 spiro atoms. The fourth-order valence-corrected chi connectivity index (χ4v) is 2.21. The summed E-state index contributed by atoms with van der Waals surface area (Å²) < 4.78 is 0. The van der Waals surface area contributed by atoms with Crippen molar-refractivity contribution in [3.63, 3.8) is 0 Å². The van der Waals surface area contributed by atoms with Crippen molar-refractivity contribution in [2.75, 3.05) is 5.32 Å². The zero-order chi connectivity index (χ0) is 14.0. The zero-order valence-electron chi connectivity index (χ0n) is 10.6. The number of fused-ring (bicyclic) bond motifs is 1. The molecule has 5 heteroatoms. The van der Waals surface area contributed by atoms with Gasteiger partial charge in [0.25, 0.3) is 0 Å². The predicted octanol–water partition coefficient (Wildman–Crippen LogP) is 1.86. The van der Waals surface area contributed by atoms with Gasteiger partial charge >= 0.3 is 5.97 Å². The number of hydrogen-bond acceptors (Lipinski definition) is 3. The molecule has 2 rings (SSSR count). The summed E-state index contributed by atoms with van der Waals surface area (Å²) in [4.78, 5) is 33.8. The first-order valence-electron chi connectivity index (χ1n) is 6.13. The molecule has 2 N–H and O–H groups in total. The van der Waals surface area contributed by atoms with Gasteiger partial charge < -0.3 is 10.4 Å². The summed E-state index contributed by atoms with van der Waals surface area (Å²) in [7, 11) is 0. The number of hydrogen-bond donors (Lipinski definition) is 2. The van der Waals surface area contributed by atoms with Crippen LogP contribution in [0.5, 0.6) is 0 Å². The Morgan fingerprint density at radius 1 is 1.37 bits per heavy atom. The van der Waals surface area contributed by atoms with Crippen LogP contribution in [0, 0.1) is 5.92 Å². The van der Waals surface area contributed by atoms with Crippen LogP contribution in [0.1, 0.15) is 35.7 Å². The second-order valence-electron chi connectivity index (χ2n) is 4.93. The van der Waals surface area contributed by atoms with Gasteiger partial charge in [-0.25, -0.2) is 0 Å². The van der Waals surface area contributed by atoms with Crippen LogP contribution in [0.25, 0.3) is 0 Å². The molecular weight excluding hydrogens is 246 g/mol. The van der Waals surface area contributed by atoms with Gasteiger partial charge in [0.15, 0.2) is 5.78 Å². The van der Waals surface area contributed by atoms with E-state index in [2.05, 4.69) is 5.32 Å². The van der Waals surface area contributed by atoms with Crippen molar-refractivity contribution in [3.8, 4) is 0 Å². The van der Waals surface area contributed by atoms with Crippen molar-refractivity contribution in [2.24, 2.45) is 5.92 Å². The molecule has 1 atom stereocenters. The number of anilines is 1. The second-order valence-corrected chi connectivity index (χ2v) is 4.93.